The molecule has 6 heteroatoms. The molecular formula is C34H50O6. The molecule has 0 spiro atoms. The van der Waals surface area contributed by atoms with Gasteiger partial charge in [0.05, 0.1) is 12.0 Å². The summed E-state index contributed by atoms with van der Waals surface area (Å²) in [4.78, 5) is 49.1. The number of fused-ring (bicyclic) bond motifs is 7. The molecule has 5 rings (SSSR count). The maximum absolute atomic E-state index is 13.4. The van der Waals surface area contributed by atoms with Gasteiger partial charge in [0.1, 0.15) is 18.7 Å². The number of rotatable bonds is 6. The van der Waals surface area contributed by atoms with Gasteiger partial charge in [0.2, 0.25) is 0 Å². The average molecular weight is 555 g/mol. The summed E-state index contributed by atoms with van der Waals surface area (Å²) in [7, 11) is 0. The lowest BCUT2D eigenvalue weighted by molar-refractivity contribution is -0.240. The first kappa shape index (κ1) is 29.5. The fraction of sp³-hybridized carbons (Fsp3) is 0.824. The molecule has 5 fully saturated rings. The molecule has 0 heterocycles. The molecule has 0 radical (unpaired) electrons. The van der Waals surface area contributed by atoms with Crippen LogP contribution >= 0.6 is 0 Å². The number of ketones is 1. The molecule has 0 aromatic carbocycles. The summed E-state index contributed by atoms with van der Waals surface area (Å²) in [5.74, 6) is 1.22. The summed E-state index contributed by atoms with van der Waals surface area (Å²) in [6.45, 7) is 17.3. The van der Waals surface area contributed by atoms with E-state index >= 15 is 0 Å². The van der Waals surface area contributed by atoms with Crippen LogP contribution in [0.15, 0.2) is 12.2 Å². The van der Waals surface area contributed by atoms with E-state index in [1.54, 1.807) is 0 Å². The number of Topliss-reactive ketones (excluding diaryl/α,β-unsaturated/α-hetero) is 1. The summed E-state index contributed by atoms with van der Waals surface area (Å²) in [5, 5.41) is 0. The highest BCUT2D eigenvalue weighted by Crippen LogP contribution is 2.77. The lowest BCUT2D eigenvalue weighted by Crippen LogP contribution is -2.67. The van der Waals surface area contributed by atoms with E-state index < -0.39 is 5.41 Å². The van der Waals surface area contributed by atoms with Crippen molar-refractivity contribution < 1.29 is 28.7 Å². The highest BCUT2D eigenvalue weighted by Gasteiger charge is 2.71. The van der Waals surface area contributed by atoms with Gasteiger partial charge >= 0.3 is 11.9 Å². The molecule has 40 heavy (non-hydrogen) atoms. The van der Waals surface area contributed by atoms with Crippen molar-refractivity contribution in [3.8, 4) is 0 Å². The normalized spacial score (nSPS) is 47.6. The average Bonchev–Trinajstić information content (AvgIpc) is 3.29. The van der Waals surface area contributed by atoms with Crippen LogP contribution in [0.1, 0.15) is 106 Å². The second-order valence-corrected chi connectivity index (χ2v) is 15.3. The molecule has 5 saturated carbocycles. The van der Waals surface area contributed by atoms with E-state index in [4.69, 9.17) is 9.47 Å². The lowest BCUT2D eigenvalue weighted by atomic mass is 9.32. The molecule has 6 nitrogen and oxygen atoms in total. The molecule has 0 aromatic heterocycles. The topological polar surface area (TPSA) is 86.7 Å². The van der Waals surface area contributed by atoms with Gasteiger partial charge in [-0.05, 0) is 116 Å². The zero-order valence-corrected chi connectivity index (χ0v) is 25.6. The Balaban J connectivity index is 1.51. The Labute approximate surface area is 240 Å². The first-order chi connectivity index (χ1) is 18.7. The van der Waals surface area contributed by atoms with E-state index in [0.717, 1.165) is 64.1 Å². The van der Waals surface area contributed by atoms with Gasteiger partial charge in [0, 0.05) is 25.7 Å². The third kappa shape index (κ3) is 4.01. The first-order valence-electron chi connectivity index (χ1n) is 15.6. The number of aldehydes is 1. The Hall–Kier alpha value is -1.98. The van der Waals surface area contributed by atoms with Crippen molar-refractivity contribution >= 4 is 24.0 Å². The Morgan fingerprint density at radius 2 is 1.52 bits per heavy atom. The van der Waals surface area contributed by atoms with E-state index in [0.29, 0.717) is 30.4 Å². The summed E-state index contributed by atoms with van der Waals surface area (Å²) < 4.78 is 11.3. The van der Waals surface area contributed by atoms with Crippen molar-refractivity contribution in [2.75, 3.05) is 13.2 Å². The highest BCUT2D eigenvalue weighted by atomic mass is 16.5. The molecule has 10 unspecified atom stereocenters. The zero-order chi connectivity index (χ0) is 29.3. The zero-order valence-electron chi connectivity index (χ0n) is 25.6. The van der Waals surface area contributed by atoms with Crippen LogP contribution in [0.3, 0.4) is 0 Å². The number of esters is 2. The van der Waals surface area contributed by atoms with Gasteiger partial charge in [0.25, 0.3) is 0 Å². The number of carbonyl (C=O) groups excluding carboxylic acids is 4. The van der Waals surface area contributed by atoms with E-state index in [1.807, 2.05) is 0 Å². The largest absolute Gasteiger partial charge is 0.465 e. The van der Waals surface area contributed by atoms with Gasteiger partial charge in [-0.25, -0.2) is 0 Å². The molecule has 0 N–H and O–H groups in total. The maximum atomic E-state index is 13.4. The minimum Gasteiger partial charge on any atom is -0.465 e. The van der Waals surface area contributed by atoms with Crippen molar-refractivity contribution in [2.45, 2.75) is 106 Å². The minimum absolute atomic E-state index is 0.00244. The molecule has 5 aliphatic carbocycles. The standard InChI is InChI=1S/C34H50O6/c1-21(18-35)24-10-15-34(20-40-23(3)37)17-16-32(6)25(29(24)34)8-9-27-30(4)13-12-28(38)31(5,19-39-22(2)36)26(30)11-14-33(27,32)7/h18,24-27,29H,1,8-17,19-20H2,2-7H3. The summed E-state index contributed by atoms with van der Waals surface area (Å²) in [5.41, 5.74) is 0.144. The van der Waals surface area contributed by atoms with Crippen molar-refractivity contribution in [1.29, 1.82) is 0 Å². The Bertz CT molecular complexity index is 1110. The van der Waals surface area contributed by atoms with Crippen molar-refractivity contribution in [3.63, 3.8) is 0 Å². The van der Waals surface area contributed by atoms with Crippen LogP contribution in [-0.2, 0) is 28.7 Å². The van der Waals surface area contributed by atoms with Gasteiger partial charge in [-0.15, -0.1) is 0 Å². The smallest absolute Gasteiger partial charge is 0.302 e. The van der Waals surface area contributed by atoms with E-state index in [1.165, 1.54) is 13.8 Å². The fourth-order valence-electron chi connectivity index (χ4n) is 11.8. The summed E-state index contributed by atoms with van der Waals surface area (Å²) >= 11 is 0. The minimum atomic E-state index is -0.637. The second-order valence-electron chi connectivity index (χ2n) is 15.3. The first-order valence-corrected chi connectivity index (χ1v) is 15.6. The number of carbonyl (C=O) groups is 4. The van der Waals surface area contributed by atoms with Crippen LogP contribution in [0.25, 0.3) is 0 Å². The van der Waals surface area contributed by atoms with E-state index in [-0.39, 0.29) is 63.7 Å². The molecule has 10 atom stereocenters. The summed E-state index contributed by atoms with van der Waals surface area (Å²) in [6, 6.07) is 0. The molecule has 0 aliphatic heterocycles. The Morgan fingerprint density at radius 3 is 2.17 bits per heavy atom. The number of ether oxygens (including phenoxy) is 2. The van der Waals surface area contributed by atoms with Gasteiger partial charge in [-0.1, -0.05) is 27.4 Å². The number of hydrogen-bond donors (Lipinski definition) is 0. The monoisotopic (exact) mass is 554 g/mol. The molecule has 222 valence electrons. The fourth-order valence-corrected chi connectivity index (χ4v) is 11.8. The van der Waals surface area contributed by atoms with Crippen LogP contribution < -0.4 is 0 Å². The Morgan fingerprint density at radius 1 is 0.850 bits per heavy atom. The Kier molecular flexibility index (Phi) is 7.23. The van der Waals surface area contributed by atoms with Gasteiger partial charge in [0.15, 0.2) is 0 Å². The SMILES string of the molecule is C=C(C=O)C1CCC2(COC(C)=O)CCC3(C)C(CCC4C5(C)CCC(=O)C(C)(COC(C)=O)C5CCC43C)C12. The van der Waals surface area contributed by atoms with Gasteiger partial charge < -0.3 is 9.47 Å². The summed E-state index contributed by atoms with van der Waals surface area (Å²) in [6.07, 6.45) is 10.6. The number of hydrogen-bond acceptors (Lipinski definition) is 6. The molecule has 5 aliphatic rings. The van der Waals surface area contributed by atoms with Crippen LogP contribution in [-0.4, -0.2) is 37.2 Å². The van der Waals surface area contributed by atoms with Crippen LogP contribution in [0.2, 0.25) is 0 Å². The van der Waals surface area contributed by atoms with Crippen molar-refractivity contribution in [1.82, 2.24) is 0 Å². The third-order valence-electron chi connectivity index (χ3n) is 13.9. The number of allylic oxidation sites excluding steroid dienone is 1. The predicted molar refractivity (Wildman–Crippen MR) is 152 cm³/mol. The van der Waals surface area contributed by atoms with Crippen LogP contribution in [0.4, 0.5) is 0 Å². The maximum Gasteiger partial charge on any atom is 0.302 e. The quantitative estimate of drug-likeness (QED) is 0.212. The lowest BCUT2D eigenvalue weighted by Gasteiger charge is -2.72. The van der Waals surface area contributed by atoms with Crippen molar-refractivity contribution in [3.05, 3.63) is 12.2 Å². The van der Waals surface area contributed by atoms with E-state index in [9.17, 15) is 19.2 Å². The van der Waals surface area contributed by atoms with Gasteiger partial charge in [-0.2, -0.15) is 0 Å². The molecule has 0 bridgehead atoms. The van der Waals surface area contributed by atoms with E-state index in [2.05, 4.69) is 34.3 Å². The molecule has 0 saturated heterocycles. The molecule has 0 amide bonds. The van der Waals surface area contributed by atoms with Crippen molar-refractivity contribution in [2.24, 2.45) is 56.7 Å². The second kappa shape index (κ2) is 9.80. The molecule has 0 aromatic rings. The van der Waals surface area contributed by atoms with Crippen LogP contribution in [0.5, 0.6) is 0 Å². The van der Waals surface area contributed by atoms with Crippen LogP contribution in [0, 0.1) is 56.7 Å². The third-order valence-corrected chi connectivity index (χ3v) is 13.9. The van der Waals surface area contributed by atoms with Gasteiger partial charge in [-0.3, -0.25) is 19.2 Å². The predicted octanol–water partition coefficient (Wildman–Crippen LogP) is 6.50. The molecular weight excluding hydrogens is 504 g/mol. The highest BCUT2D eigenvalue weighted by molar-refractivity contribution is 5.86.